The molecule has 1 rings (SSSR count). The van der Waals surface area contributed by atoms with Crippen molar-refractivity contribution >= 4 is 5.97 Å². The molecule has 0 bridgehead atoms. The minimum atomic E-state index is -0.322. The number of hydrogen-bond acceptors (Lipinski definition) is 2. The Hall–Kier alpha value is -0.790. The average molecular weight is 140 g/mol. The summed E-state index contributed by atoms with van der Waals surface area (Å²) in [5.74, 6) is -0.207. The molecule has 0 saturated carbocycles. The van der Waals surface area contributed by atoms with Crippen LogP contribution in [0, 0.1) is 0 Å². The molecule has 0 fully saturated rings. The van der Waals surface area contributed by atoms with Crippen LogP contribution in [-0.2, 0) is 9.53 Å². The van der Waals surface area contributed by atoms with Crippen LogP contribution in [0.1, 0.15) is 27.2 Å². The predicted molar refractivity (Wildman–Crippen MR) is 38.5 cm³/mol. The number of cyclic esters (lactones) is 1. The maximum absolute atomic E-state index is 10.7. The van der Waals surface area contributed by atoms with Crippen molar-refractivity contribution in [1.29, 1.82) is 0 Å². The molecule has 1 aliphatic heterocycles. The van der Waals surface area contributed by atoms with Crippen LogP contribution in [0.5, 0.6) is 0 Å². The van der Waals surface area contributed by atoms with Gasteiger partial charge in [-0.2, -0.15) is 0 Å². The van der Waals surface area contributed by atoms with Gasteiger partial charge in [-0.05, 0) is 25.8 Å². The molecular weight excluding hydrogens is 128 g/mol. The van der Waals surface area contributed by atoms with Gasteiger partial charge in [-0.25, -0.2) is 4.79 Å². The summed E-state index contributed by atoms with van der Waals surface area (Å²) in [5.41, 5.74) is 0.705. The molecule has 0 aromatic carbocycles. The maximum atomic E-state index is 10.7. The fraction of sp³-hybridized carbons (Fsp3) is 0.625. The van der Waals surface area contributed by atoms with Crippen molar-refractivity contribution in [2.45, 2.75) is 32.8 Å². The molecule has 0 aromatic heterocycles. The first kappa shape index (κ1) is 7.32. The molecule has 10 heavy (non-hydrogen) atoms. The highest BCUT2D eigenvalue weighted by Gasteiger charge is 2.33. The normalized spacial score (nSPS) is 31.9. The van der Waals surface area contributed by atoms with E-state index >= 15 is 0 Å². The van der Waals surface area contributed by atoms with Crippen LogP contribution in [-0.4, -0.2) is 11.6 Å². The Kier molecular flexibility index (Phi) is 1.55. The van der Waals surface area contributed by atoms with E-state index in [4.69, 9.17) is 4.74 Å². The standard InChI is InChI=1S/C8H12O2/c1-4-8(3)6(2)5-7(9)10-8/h5H,4H2,1-3H3. The summed E-state index contributed by atoms with van der Waals surface area (Å²) in [6.07, 6.45) is 2.41. The van der Waals surface area contributed by atoms with E-state index in [9.17, 15) is 4.79 Å². The SMILES string of the molecule is CCC1(C)OC(=O)C=C1C. The molecule has 0 aliphatic carbocycles. The number of ether oxygens (including phenoxy) is 1. The third-order valence-electron chi connectivity index (χ3n) is 2.17. The zero-order valence-electron chi connectivity index (χ0n) is 6.60. The van der Waals surface area contributed by atoms with Gasteiger partial charge in [0, 0.05) is 6.08 Å². The van der Waals surface area contributed by atoms with Gasteiger partial charge in [0.15, 0.2) is 0 Å². The average Bonchev–Trinajstić information content (AvgIpc) is 2.09. The van der Waals surface area contributed by atoms with Gasteiger partial charge in [-0.1, -0.05) is 6.92 Å². The van der Waals surface area contributed by atoms with E-state index in [1.54, 1.807) is 6.08 Å². The van der Waals surface area contributed by atoms with Crippen molar-refractivity contribution in [3.05, 3.63) is 11.6 Å². The van der Waals surface area contributed by atoms with Crippen LogP contribution < -0.4 is 0 Å². The Balaban J connectivity index is 2.86. The van der Waals surface area contributed by atoms with Crippen molar-refractivity contribution in [2.75, 3.05) is 0 Å². The van der Waals surface area contributed by atoms with E-state index in [0.717, 1.165) is 12.0 Å². The second-order valence-corrected chi connectivity index (χ2v) is 2.83. The molecule has 2 nitrogen and oxygen atoms in total. The maximum Gasteiger partial charge on any atom is 0.331 e. The predicted octanol–water partition coefficient (Wildman–Crippen LogP) is 1.66. The van der Waals surface area contributed by atoms with E-state index < -0.39 is 0 Å². The van der Waals surface area contributed by atoms with Crippen LogP contribution in [0.4, 0.5) is 0 Å². The molecule has 0 N–H and O–H groups in total. The second kappa shape index (κ2) is 2.11. The molecule has 1 heterocycles. The van der Waals surface area contributed by atoms with E-state index in [2.05, 4.69) is 0 Å². The lowest BCUT2D eigenvalue weighted by atomic mass is 9.96. The van der Waals surface area contributed by atoms with Gasteiger partial charge in [0.1, 0.15) is 5.60 Å². The fourth-order valence-electron chi connectivity index (χ4n) is 1.01. The Bertz CT molecular complexity index is 193. The molecule has 0 radical (unpaired) electrons. The Labute approximate surface area is 60.9 Å². The highest BCUT2D eigenvalue weighted by atomic mass is 16.6. The van der Waals surface area contributed by atoms with Gasteiger partial charge in [-0.15, -0.1) is 0 Å². The van der Waals surface area contributed by atoms with Crippen molar-refractivity contribution in [2.24, 2.45) is 0 Å². The number of carbonyl (C=O) groups excluding carboxylic acids is 1. The molecular formula is C8H12O2. The monoisotopic (exact) mass is 140 g/mol. The minimum absolute atomic E-state index is 0.207. The number of rotatable bonds is 1. The first-order valence-corrected chi connectivity index (χ1v) is 3.50. The zero-order chi connectivity index (χ0) is 7.78. The van der Waals surface area contributed by atoms with Gasteiger partial charge in [0.25, 0.3) is 0 Å². The van der Waals surface area contributed by atoms with Gasteiger partial charge in [0.2, 0.25) is 0 Å². The van der Waals surface area contributed by atoms with Crippen molar-refractivity contribution in [1.82, 2.24) is 0 Å². The topological polar surface area (TPSA) is 26.3 Å². The fourth-order valence-corrected chi connectivity index (χ4v) is 1.01. The summed E-state index contributed by atoms with van der Waals surface area (Å²) in [5, 5.41) is 0. The summed E-state index contributed by atoms with van der Waals surface area (Å²) in [6, 6.07) is 0. The van der Waals surface area contributed by atoms with Crippen LogP contribution in [0.2, 0.25) is 0 Å². The van der Waals surface area contributed by atoms with Crippen molar-refractivity contribution in [3.63, 3.8) is 0 Å². The zero-order valence-corrected chi connectivity index (χ0v) is 6.60. The quantitative estimate of drug-likeness (QED) is 0.518. The summed E-state index contributed by atoms with van der Waals surface area (Å²) in [4.78, 5) is 10.7. The second-order valence-electron chi connectivity index (χ2n) is 2.83. The molecule has 56 valence electrons. The summed E-state index contributed by atoms with van der Waals surface area (Å²) >= 11 is 0. The smallest absolute Gasteiger partial charge is 0.331 e. The van der Waals surface area contributed by atoms with Gasteiger partial charge in [-0.3, -0.25) is 0 Å². The molecule has 0 amide bonds. The largest absolute Gasteiger partial charge is 0.452 e. The minimum Gasteiger partial charge on any atom is -0.452 e. The van der Waals surface area contributed by atoms with Gasteiger partial charge < -0.3 is 4.74 Å². The first-order valence-electron chi connectivity index (χ1n) is 3.50. The van der Waals surface area contributed by atoms with E-state index in [1.807, 2.05) is 20.8 Å². The van der Waals surface area contributed by atoms with Gasteiger partial charge >= 0.3 is 5.97 Å². The molecule has 2 heteroatoms. The van der Waals surface area contributed by atoms with Crippen LogP contribution >= 0.6 is 0 Å². The number of esters is 1. The number of hydrogen-bond donors (Lipinski definition) is 0. The van der Waals surface area contributed by atoms with Crippen molar-refractivity contribution < 1.29 is 9.53 Å². The van der Waals surface area contributed by atoms with E-state index in [0.29, 0.717) is 0 Å². The highest BCUT2D eigenvalue weighted by Crippen LogP contribution is 2.29. The highest BCUT2D eigenvalue weighted by molar-refractivity contribution is 5.86. The molecule has 0 saturated heterocycles. The molecule has 0 spiro atoms. The Morgan fingerprint density at radius 2 is 2.30 bits per heavy atom. The molecule has 1 aliphatic rings. The van der Waals surface area contributed by atoms with Crippen molar-refractivity contribution in [3.8, 4) is 0 Å². The third-order valence-corrected chi connectivity index (χ3v) is 2.17. The first-order chi connectivity index (χ1) is 4.58. The van der Waals surface area contributed by atoms with E-state index in [1.165, 1.54) is 0 Å². The lowest BCUT2D eigenvalue weighted by Gasteiger charge is -2.22. The van der Waals surface area contributed by atoms with Crippen LogP contribution in [0.3, 0.4) is 0 Å². The lowest BCUT2D eigenvalue weighted by molar-refractivity contribution is -0.144. The number of carbonyl (C=O) groups is 1. The Morgan fingerprint density at radius 1 is 1.70 bits per heavy atom. The molecule has 0 aromatic rings. The molecule has 1 atom stereocenters. The Morgan fingerprint density at radius 3 is 2.50 bits per heavy atom. The third kappa shape index (κ3) is 0.939. The van der Waals surface area contributed by atoms with Crippen LogP contribution in [0.25, 0.3) is 0 Å². The summed E-state index contributed by atoms with van der Waals surface area (Å²) in [6.45, 7) is 5.87. The van der Waals surface area contributed by atoms with Crippen LogP contribution in [0.15, 0.2) is 11.6 Å². The summed E-state index contributed by atoms with van der Waals surface area (Å²) in [7, 11) is 0. The summed E-state index contributed by atoms with van der Waals surface area (Å²) < 4.78 is 5.08. The lowest BCUT2D eigenvalue weighted by Crippen LogP contribution is -2.25. The van der Waals surface area contributed by atoms with Gasteiger partial charge in [0.05, 0.1) is 0 Å². The van der Waals surface area contributed by atoms with E-state index in [-0.39, 0.29) is 11.6 Å². The molecule has 1 unspecified atom stereocenters.